The second-order valence-corrected chi connectivity index (χ2v) is 10.9. The highest BCUT2D eigenvalue weighted by Gasteiger charge is 2.30. The summed E-state index contributed by atoms with van der Waals surface area (Å²) in [6.45, 7) is 8.59. The molecule has 2 fully saturated rings. The summed E-state index contributed by atoms with van der Waals surface area (Å²) in [5.74, 6) is -1.38. The summed E-state index contributed by atoms with van der Waals surface area (Å²) in [5, 5.41) is 24.5. The van der Waals surface area contributed by atoms with Gasteiger partial charge in [0.2, 0.25) is 11.8 Å². The number of piperidine rings is 2. The number of carbonyl (C=O) groups excluding carboxylic acids is 2. The summed E-state index contributed by atoms with van der Waals surface area (Å²) in [5.41, 5.74) is 0.847. The van der Waals surface area contributed by atoms with E-state index in [0.29, 0.717) is 55.2 Å². The van der Waals surface area contributed by atoms with Crippen molar-refractivity contribution in [2.45, 2.75) is 64.5 Å². The van der Waals surface area contributed by atoms with Crippen molar-refractivity contribution in [3.8, 4) is 6.07 Å². The fourth-order valence-electron chi connectivity index (χ4n) is 5.12. The van der Waals surface area contributed by atoms with Gasteiger partial charge in [-0.1, -0.05) is 12.6 Å². The van der Waals surface area contributed by atoms with E-state index in [1.807, 2.05) is 0 Å². The number of rotatable bonds is 13. The van der Waals surface area contributed by atoms with Crippen LogP contribution in [0.4, 0.5) is 4.39 Å². The van der Waals surface area contributed by atoms with Gasteiger partial charge in [0.1, 0.15) is 24.3 Å². The number of nitrogens with one attached hydrogen (secondary N) is 2. The van der Waals surface area contributed by atoms with Crippen LogP contribution in [0.5, 0.6) is 0 Å². The number of carboxylic acids is 1. The Balaban J connectivity index is 1.51. The van der Waals surface area contributed by atoms with Gasteiger partial charge in [-0.3, -0.25) is 19.4 Å². The quantitative estimate of drug-likeness (QED) is 0.238. The van der Waals surface area contributed by atoms with E-state index in [-0.39, 0.29) is 30.4 Å². The number of nitriles is 1. The highest BCUT2D eigenvalue weighted by Crippen LogP contribution is 2.22. The second-order valence-electron chi connectivity index (χ2n) is 10.9. The van der Waals surface area contributed by atoms with E-state index in [0.717, 1.165) is 32.4 Å². The monoisotopic (exact) mass is 581 g/mol. The van der Waals surface area contributed by atoms with Crippen molar-refractivity contribution in [1.29, 1.82) is 5.26 Å². The molecular weight excluding hydrogens is 541 g/mol. The molecule has 2 saturated heterocycles. The normalized spacial score (nSPS) is 18.7. The lowest BCUT2D eigenvalue weighted by molar-refractivity contribution is -0.137. The van der Waals surface area contributed by atoms with Crippen molar-refractivity contribution in [3.05, 3.63) is 59.3 Å². The third-order valence-electron chi connectivity index (χ3n) is 7.63. The maximum absolute atomic E-state index is 13.5. The van der Waals surface area contributed by atoms with E-state index < -0.39 is 23.7 Å². The summed E-state index contributed by atoms with van der Waals surface area (Å²) >= 11 is 0. The Bertz CT molecular complexity index is 1230. The fourth-order valence-corrected chi connectivity index (χ4v) is 5.12. The smallest absolute Gasteiger partial charge is 0.305 e. The third-order valence-corrected chi connectivity index (χ3v) is 7.63. The van der Waals surface area contributed by atoms with Crippen molar-refractivity contribution >= 4 is 24.0 Å². The number of allylic oxidation sites excluding steroid dienone is 1. The lowest BCUT2D eigenvalue weighted by Gasteiger charge is -2.33. The van der Waals surface area contributed by atoms with Crippen LogP contribution in [0.25, 0.3) is 0 Å². The molecule has 2 aliphatic heterocycles. The summed E-state index contributed by atoms with van der Waals surface area (Å²) in [6.07, 6.45) is 7.25. The molecule has 3 N–H and O–H groups in total. The van der Waals surface area contributed by atoms with Gasteiger partial charge in [0, 0.05) is 25.7 Å². The molecule has 0 saturated carbocycles. The first kappa shape index (κ1) is 32.5. The summed E-state index contributed by atoms with van der Waals surface area (Å²) in [7, 11) is 0. The predicted octanol–water partition coefficient (Wildman–Crippen LogP) is 3.68. The van der Waals surface area contributed by atoms with E-state index in [9.17, 15) is 23.9 Å². The molecule has 0 aromatic heterocycles. The van der Waals surface area contributed by atoms with Crippen LogP contribution < -0.4 is 10.6 Å². The van der Waals surface area contributed by atoms with E-state index in [1.165, 1.54) is 30.6 Å². The van der Waals surface area contributed by atoms with E-state index in [1.54, 1.807) is 17.9 Å². The van der Waals surface area contributed by atoms with Crippen molar-refractivity contribution in [2.75, 3.05) is 26.2 Å². The van der Waals surface area contributed by atoms with Gasteiger partial charge in [-0.25, -0.2) is 4.39 Å². The summed E-state index contributed by atoms with van der Waals surface area (Å²) in [6, 6.07) is 5.04. The molecule has 0 unspecified atom stereocenters. The molecule has 226 valence electrons. The number of aliphatic imine (C=N–C) groups is 1. The number of halogens is 1. The maximum atomic E-state index is 13.5. The van der Waals surface area contributed by atoms with Crippen LogP contribution in [-0.4, -0.2) is 66.2 Å². The zero-order chi connectivity index (χ0) is 30.5. The number of ether oxygens (including phenoxy) is 1. The molecule has 2 aliphatic rings. The number of hydrogen-bond donors (Lipinski definition) is 3. The third kappa shape index (κ3) is 10.4. The molecule has 1 aromatic carbocycles. The Labute approximate surface area is 246 Å². The van der Waals surface area contributed by atoms with Crippen LogP contribution in [0.1, 0.15) is 63.0 Å². The van der Waals surface area contributed by atoms with Crippen LogP contribution in [-0.2, 0) is 25.7 Å². The maximum Gasteiger partial charge on any atom is 0.305 e. The van der Waals surface area contributed by atoms with Gasteiger partial charge in [0.25, 0.3) is 0 Å². The highest BCUT2D eigenvalue weighted by molar-refractivity contribution is 5.86. The van der Waals surface area contributed by atoms with Crippen LogP contribution >= 0.6 is 0 Å². The van der Waals surface area contributed by atoms with Gasteiger partial charge in [-0.2, -0.15) is 5.26 Å². The number of aliphatic carboxylic acids is 1. The Kier molecular flexibility index (Phi) is 12.7. The lowest BCUT2D eigenvalue weighted by atomic mass is 9.92. The van der Waals surface area contributed by atoms with Crippen LogP contribution in [0.15, 0.2) is 47.3 Å². The number of amides is 2. The van der Waals surface area contributed by atoms with Crippen molar-refractivity contribution in [2.24, 2.45) is 16.8 Å². The zero-order valence-corrected chi connectivity index (χ0v) is 24.1. The molecule has 3 rings (SSSR count). The fraction of sp³-hybridized carbons (Fsp3) is 0.516. The number of carboxylic acid groups (broad SMARTS) is 1. The van der Waals surface area contributed by atoms with E-state index in [4.69, 9.17) is 10.00 Å². The van der Waals surface area contributed by atoms with E-state index in [2.05, 4.69) is 22.2 Å². The number of hydrogen-bond acceptors (Lipinski definition) is 7. The molecule has 0 spiro atoms. The first-order chi connectivity index (χ1) is 20.2. The zero-order valence-electron chi connectivity index (χ0n) is 24.1. The highest BCUT2D eigenvalue weighted by atomic mass is 19.1. The predicted molar refractivity (Wildman–Crippen MR) is 156 cm³/mol. The average Bonchev–Trinajstić information content (AvgIpc) is 2.99. The largest absolute Gasteiger partial charge is 0.492 e. The minimum absolute atomic E-state index is 0.0685. The van der Waals surface area contributed by atoms with Crippen LogP contribution in [0.3, 0.4) is 0 Å². The first-order valence-corrected chi connectivity index (χ1v) is 14.4. The van der Waals surface area contributed by atoms with Crippen molar-refractivity contribution in [3.63, 3.8) is 0 Å². The molecule has 2 atom stereocenters. The minimum Gasteiger partial charge on any atom is -0.492 e. The van der Waals surface area contributed by atoms with Gasteiger partial charge >= 0.3 is 5.97 Å². The topological polar surface area (TPSA) is 144 Å². The SMILES string of the molecule is C=C(/C=N\C=C(/C)OCc1ccc(F)c(C#N)c1)[C@H](CC(=O)O)NC(=O)[C@@H]1CCCN(C(=O)CCC2CCNCC2)C1. The molecule has 0 bridgehead atoms. The van der Waals surface area contributed by atoms with E-state index >= 15 is 0 Å². The Morgan fingerprint density at radius 2 is 2.10 bits per heavy atom. The Hall–Kier alpha value is -4.04. The van der Waals surface area contributed by atoms with Crippen molar-refractivity contribution in [1.82, 2.24) is 15.5 Å². The van der Waals surface area contributed by atoms with Gasteiger partial charge in [0.05, 0.1) is 30.1 Å². The molecule has 42 heavy (non-hydrogen) atoms. The summed E-state index contributed by atoms with van der Waals surface area (Å²) < 4.78 is 19.1. The minimum atomic E-state index is -1.10. The van der Waals surface area contributed by atoms with Gasteiger partial charge in [-0.15, -0.1) is 0 Å². The number of nitrogens with zero attached hydrogens (tertiary/aromatic N) is 3. The lowest BCUT2D eigenvalue weighted by Crippen LogP contribution is -2.48. The molecule has 11 heteroatoms. The molecule has 0 aliphatic carbocycles. The Morgan fingerprint density at radius 1 is 1.33 bits per heavy atom. The van der Waals surface area contributed by atoms with Crippen LogP contribution in [0, 0.1) is 29.0 Å². The van der Waals surface area contributed by atoms with Gasteiger partial charge in [-0.05, 0) is 81.3 Å². The Morgan fingerprint density at radius 3 is 2.81 bits per heavy atom. The number of carbonyl (C=O) groups is 3. The molecule has 2 amide bonds. The van der Waals surface area contributed by atoms with Crippen molar-refractivity contribution < 1.29 is 28.6 Å². The molecule has 10 nitrogen and oxygen atoms in total. The number of benzene rings is 1. The van der Waals surface area contributed by atoms with Gasteiger partial charge in [0.15, 0.2) is 0 Å². The molecule has 1 aromatic rings. The molecule has 2 heterocycles. The molecule has 0 radical (unpaired) electrons. The number of likely N-dealkylation sites (tertiary alicyclic amines) is 1. The standard InChI is InChI=1S/C31H40FN5O5/c1-21(17-35-18-22(2)42-20-24-5-7-27(32)26(14-24)16-33)28(15-30(39)40)36-31(41)25-4-3-13-37(19-25)29(38)8-6-23-9-11-34-12-10-23/h5,7,14,17-18,23,25,28,34H,1,3-4,6,8-13,15,19-20H2,2H3,(H,36,41)(H,39,40)/b22-18+,35-17-/t25-,28+/m1/s1. The average molecular weight is 582 g/mol. The molecular formula is C31H40FN5O5. The second kappa shape index (κ2) is 16.4. The van der Waals surface area contributed by atoms with Gasteiger partial charge < -0.3 is 25.4 Å². The van der Waals surface area contributed by atoms with Crippen LogP contribution in [0.2, 0.25) is 0 Å². The summed E-state index contributed by atoms with van der Waals surface area (Å²) in [4.78, 5) is 43.4. The first-order valence-electron chi connectivity index (χ1n) is 14.4.